The molecule has 178 valence electrons. The summed E-state index contributed by atoms with van der Waals surface area (Å²) in [6.07, 6.45) is 4.88. The third-order valence-corrected chi connectivity index (χ3v) is 5.99. The molecule has 35 heavy (non-hydrogen) atoms. The molecule has 4 aromatic heterocycles. The zero-order chi connectivity index (χ0) is 23.9. The van der Waals surface area contributed by atoms with Crippen molar-refractivity contribution in [3.8, 4) is 16.9 Å². The topological polar surface area (TPSA) is 127 Å². The van der Waals surface area contributed by atoms with Gasteiger partial charge in [-0.25, -0.2) is 14.4 Å². The Morgan fingerprint density at radius 3 is 2.94 bits per heavy atom. The van der Waals surface area contributed by atoms with Gasteiger partial charge in [0.15, 0.2) is 11.3 Å². The number of aromatic nitrogens is 7. The minimum Gasteiger partial charge on any atom is -0.493 e. The van der Waals surface area contributed by atoms with Gasteiger partial charge in [0.05, 0.1) is 12.7 Å². The number of aliphatic hydroxyl groups excluding tert-OH is 1. The highest BCUT2D eigenvalue weighted by Crippen LogP contribution is 2.32. The van der Waals surface area contributed by atoms with Crippen LogP contribution in [0.1, 0.15) is 18.1 Å². The first-order chi connectivity index (χ1) is 17.1. The Morgan fingerprint density at radius 1 is 1.14 bits per heavy atom. The van der Waals surface area contributed by atoms with E-state index in [4.69, 9.17) is 4.74 Å². The summed E-state index contributed by atoms with van der Waals surface area (Å²) < 4.78 is 23.5. The molecule has 0 bridgehead atoms. The fourth-order valence-corrected chi connectivity index (χ4v) is 4.32. The van der Waals surface area contributed by atoms with E-state index in [0.717, 1.165) is 16.9 Å². The number of rotatable bonds is 7. The summed E-state index contributed by atoms with van der Waals surface area (Å²) in [5.74, 6) is 1.63. The summed E-state index contributed by atoms with van der Waals surface area (Å²) in [6, 6.07) is 6.85. The summed E-state index contributed by atoms with van der Waals surface area (Å²) in [7, 11) is 0. The molecule has 6 rings (SSSR count). The Hall–Kier alpha value is -4.32. The van der Waals surface area contributed by atoms with Gasteiger partial charge in [-0.15, -0.1) is 10.2 Å². The first-order valence-electron chi connectivity index (χ1n) is 11.2. The summed E-state index contributed by atoms with van der Waals surface area (Å²) >= 11 is 0. The van der Waals surface area contributed by atoms with E-state index in [2.05, 4.69) is 35.9 Å². The molecule has 1 aromatic carbocycles. The van der Waals surface area contributed by atoms with E-state index in [1.54, 1.807) is 34.4 Å². The second-order valence-electron chi connectivity index (χ2n) is 8.33. The number of anilines is 2. The van der Waals surface area contributed by atoms with Crippen LogP contribution in [0.4, 0.5) is 16.2 Å². The van der Waals surface area contributed by atoms with Gasteiger partial charge in [0, 0.05) is 48.0 Å². The average Bonchev–Trinajstić information content (AvgIpc) is 3.62. The summed E-state index contributed by atoms with van der Waals surface area (Å²) in [5, 5.41) is 28.6. The molecular formula is C23H22FN9O2. The molecule has 0 saturated carbocycles. The molecule has 1 unspecified atom stereocenters. The molecule has 11 nitrogen and oxygen atoms in total. The Bertz CT molecular complexity index is 1550. The first kappa shape index (κ1) is 21.2. The van der Waals surface area contributed by atoms with Gasteiger partial charge >= 0.3 is 0 Å². The number of nitrogens with zero attached hydrogens (tertiary/aromatic N) is 7. The Kier molecular flexibility index (Phi) is 5.14. The molecule has 0 amide bonds. The van der Waals surface area contributed by atoms with E-state index < -0.39 is 6.10 Å². The Labute approximate surface area is 198 Å². The van der Waals surface area contributed by atoms with Crippen molar-refractivity contribution in [3.63, 3.8) is 0 Å². The fourth-order valence-electron chi connectivity index (χ4n) is 4.32. The lowest BCUT2D eigenvalue weighted by Crippen LogP contribution is -2.17. The highest BCUT2D eigenvalue weighted by atomic mass is 19.1. The minimum absolute atomic E-state index is 0.246. The summed E-state index contributed by atoms with van der Waals surface area (Å²) in [4.78, 5) is 8.99. The van der Waals surface area contributed by atoms with Crippen LogP contribution in [0.15, 0.2) is 43.1 Å². The maximum Gasteiger partial charge on any atom is 0.210 e. The number of hydrogen-bond donors (Lipinski definition) is 3. The summed E-state index contributed by atoms with van der Waals surface area (Å²) in [6.45, 7) is 2.88. The Morgan fingerprint density at radius 2 is 2.06 bits per heavy atom. The van der Waals surface area contributed by atoms with Crippen LogP contribution in [0, 0.1) is 5.82 Å². The van der Waals surface area contributed by atoms with Crippen molar-refractivity contribution in [3.05, 3.63) is 60.1 Å². The van der Waals surface area contributed by atoms with Crippen molar-refractivity contribution in [1.82, 2.24) is 34.2 Å². The highest BCUT2D eigenvalue weighted by molar-refractivity contribution is 5.86. The van der Waals surface area contributed by atoms with Gasteiger partial charge in [-0.3, -0.25) is 4.40 Å². The van der Waals surface area contributed by atoms with Crippen molar-refractivity contribution in [1.29, 1.82) is 0 Å². The van der Waals surface area contributed by atoms with Crippen LogP contribution >= 0.6 is 0 Å². The average molecular weight is 475 g/mol. The maximum absolute atomic E-state index is 14.6. The van der Waals surface area contributed by atoms with Crippen LogP contribution in [0.25, 0.3) is 22.4 Å². The minimum atomic E-state index is -0.508. The van der Waals surface area contributed by atoms with Crippen molar-refractivity contribution in [2.45, 2.75) is 26.0 Å². The molecule has 0 radical (unpaired) electrons. The molecular weight excluding hydrogens is 453 g/mol. The highest BCUT2D eigenvalue weighted by Gasteiger charge is 2.21. The van der Waals surface area contributed by atoms with E-state index in [-0.39, 0.29) is 12.4 Å². The van der Waals surface area contributed by atoms with Crippen molar-refractivity contribution in [2.75, 3.05) is 23.8 Å². The third-order valence-electron chi connectivity index (χ3n) is 5.99. The number of halogens is 1. The van der Waals surface area contributed by atoms with E-state index in [9.17, 15) is 9.50 Å². The van der Waals surface area contributed by atoms with Crippen LogP contribution in [-0.4, -0.2) is 58.5 Å². The Balaban J connectivity index is 1.35. The SMILES string of the molecule is CC(O)CNc1ccc(-c2cnc(NCc3c(F)ccc4c3CCO4)n3cnnc23)c2ncnn12. The normalized spacial score (nSPS) is 13.7. The predicted octanol–water partition coefficient (Wildman–Crippen LogP) is 2.31. The molecule has 1 aliphatic heterocycles. The fraction of sp³-hybridized carbons (Fsp3) is 0.261. The number of ether oxygens (including phenoxy) is 1. The zero-order valence-corrected chi connectivity index (χ0v) is 18.8. The predicted molar refractivity (Wildman–Crippen MR) is 126 cm³/mol. The zero-order valence-electron chi connectivity index (χ0n) is 18.8. The van der Waals surface area contributed by atoms with E-state index in [1.807, 2.05) is 12.1 Å². The molecule has 0 saturated heterocycles. The standard InChI is InChI=1S/C23H22FN9O2/c1-13(34)8-25-20-5-2-15(21-28-11-30-33(20)21)17-10-27-23(32-12-29-31-22(17)32)26-9-16-14-6-7-35-19(14)4-3-18(16)24/h2-5,10-13,25,34H,6-9H2,1H3,(H,26,27). The monoisotopic (exact) mass is 475 g/mol. The molecule has 0 spiro atoms. The van der Waals surface area contributed by atoms with E-state index in [1.165, 1.54) is 12.4 Å². The summed E-state index contributed by atoms with van der Waals surface area (Å²) in [5.41, 5.74) is 4.11. The van der Waals surface area contributed by atoms with Gasteiger partial charge in [-0.2, -0.15) is 9.61 Å². The molecule has 3 N–H and O–H groups in total. The van der Waals surface area contributed by atoms with Gasteiger partial charge < -0.3 is 20.5 Å². The lowest BCUT2D eigenvalue weighted by Gasteiger charge is -2.14. The van der Waals surface area contributed by atoms with Crippen LogP contribution in [0.5, 0.6) is 5.75 Å². The molecule has 12 heteroatoms. The second kappa shape index (κ2) is 8.47. The number of hydrogen-bond acceptors (Lipinski definition) is 9. The van der Waals surface area contributed by atoms with Crippen LogP contribution in [-0.2, 0) is 13.0 Å². The number of benzene rings is 1. The van der Waals surface area contributed by atoms with E-state index >= 15 is 0 Å². The van der Waals surface area contributed by atoms with Crippen molar-refractivity contribution >= 4 is 23.1 Å². The lowest BCUT2D eigenvalue weighted by atomic mass is 10.0. The third kappa shape index (κ3) is 3.67. The van der Waals surface area contributed by atoms with Crippen LogP contribution < -0.4 is 15.4 Å². The van der Waals surface area contributed by atoms with Crippen LogP contribution in [0.2, 0.25) is 0 Å². The smallest absolute Gasteiger partial charge is 0.210 e. The maximum atomic E-state index is 14.6. The number of nitrogens with one attached hydrogen (secondary N) is 2. The molecule has 1 atom stereocenters. The largest absolute Gasteiger partial charge is 0.493 e. The number of pyridine rings is 1. The molecule has 1 aliphatic rings. The molecule has 5 heterocycles. The second-order valence-corrected chi connectivity index (χ2v) is 8.33. The molecule has 0 fully saturated rings. The van der Waals surface area contributed by atoms with E-state index in [0.29, 0.717) is 53.8 Å². The van der Waals surface area contributed by atoms with Gasteiger partial charge in [-0.05, 0) is 31.2 Å². The quantitative estimate of drug-likeness (QED) is 0.325. The van der Waals surface area contributed by atoms with Crippen molar-refractivity contribution < 1.29 is 14.2 Å². The lowest BCUT2D eigenvalue weighted by molar-refractivity contribution is 0.208. The van der Waals surface area contributed by atoms with Crippen molar-refractivity contribution in [2.24, 2.45) is 0 Å². The van der Waals surface area contributed by atoms with Gasteiger partial charge in [0.1, 0.15) is 30.0 Å². The number of aliphatic hydroxyl groups is 1. The van der Waals surface area contributed by atoms with Gasteiger partial charge in [0.2, 0.25) is 5.95 Å². The molecule has 0 aliphatic carbocycles. The molecule has 5 aromatic rings. The van der Waals surface area contributed by atoms with Crippen LogP contribution in [0.3, 0.4) is 0 Å². The first-order valence-corrected chi connectivity index (χ1v) is 11.2. The van der Waals surface area contributed by atoms with Gasteiger partial charge in [-0.1, -0.05) is 0 Å². The van der Waals surface area contributed by atoms with Gasteiger partial charge in [0.25, 0.3) is 0 Å². The number of fused-ring (bicyclic) bond motifs is 3.